The fourth-order valence-electron chi connectivity index (χ4n) is 1.96. The molecular formula is C13H25NO4. The van der Waals surface area contributed by atoms with E-state index in [0.717, 1.165) is 0 Å². The fraction of sp³-hybridized carbons (Fsp3) is 0.923. The number of aliphatic hydroxyl groups is 1. The van der Waals surface area contributed by atoms with Crippen molar-refractivity contribution in [3.05, 3.63) is 0 Å². The molecule has 1 fully saturated rings. The number of rotatable bonds is 2. The molecule has 106 valence electrons. The first-order chi connectivity index (χ1) is 8.10. The van der Waals surface area contributed by atoms with Gasteiger partial charge in [-0.3, -0.25) is 4.90 Å². The summed E-state index contributed by atoms with van der Waals surface area (Å²) in [7, 11) is 0. The maximum atomic E-state index is 12.3. The Balaban J connectivity index is 2.94. The molecule has 0 spiro atoms. The molecule has 0 aromatic rings. The second-order valence-electron chi connectivity index (χ2n) is 6.45. The fourth-order valence-corrected chi connectivity index (χ4v) is 1.96. The lowest BCUT2D eigenvalue weighted by Gasteiger charge is -2.37. The number of carbonyl (C=O) groups is 1. The van der Waals surface area contributed by atoms with Gasteiger partial charge in [-0.15, -0.1) is 0 Å². The molecule has 1 aliphatic heterocycles. The van der Waals surface area contributed by atoms with Crippen molar-refractivity contribution in [3.63, 3.8) is 0 Å². The van der Waals surface area contributed by atoms with Crippen molar-refractivity contribution in [2.24, 2.45) is 5.92 Å². The van der Waals surface area contributed by atoms with Crippen LogP contribution in [0.25, 0.3) is 0 Å². The summed E-state index contributed by atoms with van der Waals surface area (Å²) in [5.41, 5.74) is -1.27. The highest BCUT2D eigenvalue weighted by Crippen LogP contribution is 2.32. The maximum absolute atomic E-state index is 12.3. The summed E-state index contributed by atoms with van der Waals surface area (Å²) in [4.78, 5) is 13.8. The number of nitrogens with zero attached hydrogens (tertiary/aromatic N) is 1. The predicted molar refractivity (Wildman–Crippen MR) is 68.1 cm³/mol. The molecule has 0 saturated carbocycles. The number of aliphatic hydroxyl groups excluding tert-OH is 1. The Morgan fingerprint density at radius 3 is 2.50 bits per heavy atom. The van der Waals surface area contributed by atoms with Crippen molar-refractivity contribution in [2.45, 2.75) is 58.9 Å². The van der Waals surface area contributed by atoms with Gasteiger partial charge in [0, 0.05) is 0 Å². The molecule has 1 aliphatic rings. The minimum absolute atomic E-state index is 0.143. The Hall–Kier alpha value is -0.810. The van der Waals surface area contributed by atoms with E-state index in [2.05, 4.69) is 0 Å². The molecule has 1 amide bonds. The van der Waals surface area contributed by atoms with Gasteiger partial charge in [-0.25, -0.2) is 4.79 Å². The molecule has 1 N–H and O–H groups in total. The maximum Gasteiger partial charge on any atom is 0.412 e. The highest BCUT2D eigenvalue weighted by molar-refractivity contribution is 5.70. The molecule has 18 heavy (non-hydrogen) atoms. The van der Waals surface area contributed by atoms with Gasteiger partial charge < -0.3 is 14.6 Å². The van der Waals surface area contributed by atoms with E-state index in [9.17, 15) is 9.90 Å². The monoisotopic (exact) mass is 259 g/mol. The van der Waals surface area contributed by atoms with Crippen LogP contribution in [0.1, 0.15) is 41.5 Å². The van der Waals surface area contributed by atoms with Crippen LogP contribution in [0.2, 0.25) is 0 Å². The first-order valence-electron chi connectivity index (χ1n) is 6.35. The molecule has 1 rings (SSSR count). The van der Waals surface area contributed by atoms with E-state index in [1.165, 1.54) is 4.90 Å². The zero-order chi connectivity index (χ0) is 14.1. The topological polar surface area (TPSA) is 59.0 Å². The van der Waals surface area contributed by atoms with Gasteiger partial charge in [-0.05, 0) is 33.6 Å². The second kappa shape index (κ2) is 5.05. The molecule has 0 aliphatic carbocycles. The molecule has 0 unspecified atom stereocenters. The minimum atomic E-state index is -0.711. The van der Waals surface area contributed by atoms with Crippen LogP contribution >= 0.6 is 0 Å². The number of hydrogen-bond donors (Lipinski definition) is 1. The normalized spacial score (nSPS) is 28.9. The van der Waals surface area contributed by atoms with Crippen LogP contribution in [-0.4, -0.2) is 46.7 Å². The molecular weight excluding hydrogens is 234 g/mol. The Bertz CT molecular complexity index is 311. The summed E-state index contributed by atoms with van der Waals surface area (Å²) < 4.78 is 11.0. The van der Waals surface area contributed by atoms with Gasteiger partial charge in [0.25, 0.3) is 0 Å². The predicted octanol–water partition coefficient (Wildman–Crippen LogP) is 1.99. The Labute approximate surface area is 109 Å². The van der Waals surface area contributed by atoms with Crippen LogP contribution in [0, 0.1) is 5.92 Å². The Kier molecular flexibility index (Phi) is 4.28. The van der Waals surface area contributed by atoms with Crippen molar-refractivity contribution in [1.82, 2.24) is 4.90 Å². The largest absolute Gasteiger partial charge is 0.444 e. The lowest BCUT2D eigenvalue weighted by molar-refractivity contribution is -0.0414. The molecule has 5 heteroatoms. The Morgan fingerprint density at radius 2 is 2.11 bits per heavy atom. The summed E-state index contributed by atoms with van der Waals surface area (Å²) in [6.07, 6.45) is -0.785. The van der Waals surface area contributed by atoms with E-state index < -0.39 is 17.2 Å². The van der Waals surface area contributed by atoms with Crippen LogP contribution in [0.15, 0.2) is 0 Å². The van der Waals surface area contributed by atoms with E-state index in [-0.39, 0.29) is 18.8 Å². The van der Waals surface area contributed by atoms with Gasteiger partial charge in [-0.2, -0.15) is 0 Å². The summed E-state index contributed by atoms with van der Waals surface area (Å²) in [6, 6.07) is 0. The first-order valence-corrected chi connectivity index (χ1v) is 6.35. The average Bonchev–Trinajstić information content (AvgIpc) is 2.54. The van der Waals surface area contributed by atoms with Crippen molar-refractivity contribution >= 4 is 6.09 Å². The van der Waals surface area contributed by atoms with Gasteiger partial charge in [0.2, 0.25) is 0 Å². The SMILES string of the molecule is CC(C)[C@H]1OC[C@@](C)(CO)N1C(=O)OC(C)(C)C. The molecule has 0 bridgehead atoms. The third kappa shape index (κ3) is 3.14. The summed E-state index contributed by atoms with van der Waals surface area (Å²) in [5.74, 6) is 0.144. The molecule has 0 aromatic heterocycles. The number of hydrogen-bond acceptors (Lipinski definition) is 4. The third-order valence-electron chi connectivity index (χ3n) is 2.90. The molecule has 0 radical (unpaired) electrons. The van der Waals surface area contributed by atoms with Crippen LogP contribution in [0.3, 0.4) is 0 Å². The zero-order valence-corrected chi connectivity index (χ0v) is 12.2. The van der Waals surface area contributed by atoms with Crippen LogP contribution in [0.4, 0.5) is 4.79 Å². The van der Waals surface area contributed by atoms with E-state index in [4.69, 9.17) is 9.47 Å². The van der Waals surface area contributed by atoms with Gasteiger partial charge in [0.05, 0.1) is 18.8 Å². The van der Waals surface area contributed by atoms with E-state index in [1.807, 2.05) is 34.6 Å². The third-order valence-corrected chi connectivity index (χ3v) is 2.90. The molecule has 2 atom stereocenters. The van der Waals surface area contributed by atoms with Crippen molar-refractivity contribution in [3.8, 4) is 0 Å². The molecule has 5 nitrogen and oxygen atoms in total. The van der Waals surface area contributed by atoms with Gasteiger partial charge in [0.15, 0.2) is 0 Å². The summed E-state index contributed by atoms with van der Waals surface area (Å²) in [5, 5.41) is 9.51. The summed E-state index contributed by atoms with van der Waals surface area (Å²) >= 11 is 0. The molecule has 1 saturated heterocycles. The van der Waals surface area contributed by atoms with Crippen molar-refractivity contribution in [2.75, 3.05) is 13.2 Å². The smallest absolute Gasteiger partial charge is 0.412 e. The van der Waals surface area contributed by atoms with Crippen LogP contribution < -0.4 is 0 Å². The number of carbonyl (C=O) groups excluding carboxylic acids is 1. The van der Waals surface area contributed by atoms with Crippen molar-refractivity contribution < 1.29 is 19.4 Å². The molecule has 1 heterocycles. The number of ether oxygens (including phenoxy) is 2. The second-order valence-corrected chi connectivity index (χ2v) is 6.45. The lowest BCUT2D eigenvalue weighted by Crippen LogP contribution is -2.54. The van der Waals surface area contributed by atoms with Gasteiger partial charge in [0.1, 0.15) is 11.8 Å². The number of amides is 1. The van der Waals surface area contributed by atoms with E-state index >= 15 is 0 Å². The molecule has 0 aromatic carbocycles. The Morgan fingerprint density at radius 1 is 1.56 bits per heavy atom. The first kappa shape index (κ1) is 15.2. The van der Waals surface area contributed by atoms with Crippen LogP contribution in [-0.2, 0) is 9.47 Å². The minimum Gasteiger partial charge on any atom is -0.444 e. The average molecular weight is 259 g/mol. The van der Waals surface area contributed by atoms with Crippen molar-refractivity contribution in [1.29, 1.82) is 0 Å². The highest BCUT2D eigenvalue weighted by Gasteiger charge is 2.49. The highest BCUT2D eigenvalue weighted by atomic mass is 16.6. The van der Waals surface area contributed by atoms with E-state index in [0.29, 0.717) is 6.61 Å². The van der Waals surface area contributed by atoms with Gasteiger partial charge in [-0.1, -0.05) is 13.8 Å². The summed E-state index contributed by atoms with van der Waals surface area (Å²) in [6.45, 7) is 11.4. The quantitative estimate of drug-likeness (QED) is 0.824. The lowest BCUT2D eigenvalue weighted by atomic mass is 10.0. The van der Waals surface area contributed by atoms with Crippen LogP contribution in [0.5, 0.6) is 0 Å². The standard InChI is InChI=1S/C13H25NO4/c1-9(2)10-14(11(16)18-12(3,4)5)13(6,7-15)8-17-10/h9-10,15H,7-8H2,1-6H3/t10-,13-/m1/s1. The zero-order valence-electron chi connectivity index (χ0n) is 12.2. The van der Waals surface area contributed by atoms with Gasteiger partial charge >= 0.3 is 6.09 Å². The van der Waals surface area contributed by atoms with E-state index in [1.54, 1.807) is 6.92 Å².